The number of carbonyl (C=O) groups is 1. The number of carboxylic acid groups (broad SMARTS) is 1. The summed E-state index contributed by atoms with van der Waals surface area (Å²) >= 11 is 0. The number of aromatic nitrogens is 3. The van der Waals surface area contributed by atoms with Crippen LogP contribution in [0.2, 0.25) is 0 Å². The summed E-state index contributed by atoms with van der Waals surface area (Å²) in [5.41, 5.74) is 9.27. The lowest BCUT2D eigenvalue weighted by molar-refractivity contribution is -0.138. The zero-order chi connectivity index (χ0) is 17.8. The van der Waals surface area contributed by atoms with Crippen molar-refractivity contribution in [2.75, 3.05) is 5.73 Å². The number of aryl methyl sites for hydroxylation is 1. The van der Waals surface area contributed by atoms with E-state index in [-0.39, 0.29) is 0 Å². The Hall–Kier alpha value is -3.15. The van der Waals surface area contributed by atoms with E-state index in [0.717, 1.165) is 11.1 Å². The molecule has 1 unspecified atom stereocenters. The minimum Gasteiger partial charge on any atom is -0.481 e. The van der Waals surface area contributed by atoms with Crippen molar-refractivity contribution in [1.82, 2.24) is 14.5 Å². The van der Waals surface area contributed by atoms with Crippen LogP contribution in [0.4, 0.5) is 5.82 Å². The van der Waals surface area contributed by atoms with Gasteiger partial charge >= 0.3 is 5.97 Å². The van der Waals surface area contributed by atoms with Crippen LogP contribution in [0.15, 0.2) is 55.1 Å². The number of rotatable bonds is 6. The van der Waals surface area contributed by atoms with Gasteiger partial charge in [0.1, 0.15) is 11.7 Å². The highest BCUT2D eigenvalue weighted by molar-refractivity contribution is 5.75. The lowest BCUT2D eigenvalue weighted by Gasteiger charge is -2.10. The monoisotopic (exact) mass is 336 g/mol. The van der Waals surface area contributed by atoms with E-state index in [9.17, 15) is 9.90 Å². The molecule has 6 nitrogen and oxygen atoms in total. The summed E-state index contributed by atoms with van der Waals surface area (Å²) < 4.78 is 1.90. The highest BCUT2D eigenvalue weighted by atomic mass is 16.4. The molecule has 0 saturated heterocycles. The van der Waals surface area contributed by atoms with Gasteiger partial charge in [0.05, 0.1) is 12.0 Å². The van der Waals surface area contributed by atoms with Crippen LogP contribution in [0.3, 0.4) is 0 Å². The number of hydrogen-bond acceptors (Lipinski definition) is 4. The molecule has 3 rings (SSSR count). The molecule has 3 N–H and O–H groups in total. The number of hydrogen-bond donors (Lipinski definition) is 2. The Balaban J connectivity index is 1.76. The van der Waals surface area contributed by atoms with Crippen molar-refractivity contribution < 1.29 is 9.90 Å². The Morgan fingerprint density at radius 3 is 2.52 bits per heavy atom. The molecule has 0 fully saturated rings. The van der Waals surface area contributed by atoms with Crippen LogP contribution < -0.4 is 5.73 Å². The van der Waals surface area contributed by atoms with Gasteiger partial charge in [-0.2, -0.15) is 0 Å². The third kappa shape index (κ3) is 4.23. The molecule has 2 aromatic heterocycles. The van der Waals surface area contributed by atoms with E-state index in [1.165, 1.54) is 5.56 Å². The lowest BCUT2D eigenvalue weighted by atomic mass is 9.98. The van der Waals surface area contributed by atoms with E-state index in [2.05, 4.69) is 34.2 Å². The average Bonchev–Trinajstić information content (AvgIpc) is 3.04. The van der Waals surface area contributed by atoms with Gasteiger partial charge in [0, 0.05) is 18.9 Å². The summed E-state index contributed by atoms with van der Waals surface area (Å²) in [6.07, 6.45) is 5.40. The number of aliphatic carboxylic acids is 1. The van der Waals surface area contributed by atoms with Crippen LogP contribution in [0.25, 0.3) is 0 Å². The third-order valence-electron chi connectivity index (χ3n) is 4.08. The minimum absolute atomic E-state index is 0.324. The van der Waals surface area contributed by atoms with E-state index in [0.29, 0.717) is 24.5 Å². The standard InChI is InChI=1S/C19H20N4O2/c1-13-2-4-14(5-3-13)10-23-11-17(22-12-23)16(19(24)25)8-15-6-7-18(20)21-9-15/h2-7,9,11-12,16H,8,10H2,1H3,(H2,20,21)(H,24,25). The summed E-state index contributed by atoms with van der Waals surface area (Å²) in [7, 11) is 0. The molecular formula is C19H20N4O2. The molecule has 0 aliphatic rings. The minimum atomic E-state index is -0.905. The second-order valence-electron chi connectivity index (χ2n) is 6.14. The first-order chi connectivity index (χ1) is 12.0. The molecule has 0 saturated carbocycles. The summed E-state index contributed by atoms with van der Waals surface area (Å²) in [5, 5.41) is 9.58. The van der Waals surface area contributed by atoms with E-state index in [1.54, 1.807) is 30.9 Å². The van der Waals surface area contributed by atoms with Gasteiger partial charge in [-0.05, 0) is 30.5 Å². The first kappa shape index (κ1) is 16.7. The van der Waals surface area contributed by atoms with Gasteiger partial charge in [-0.15, -0.1) is 0 Å². The predicted octanol–water partition coefficient (Wildman–Crippen LogP) is 2.63. The Kier molecular flexibility index (Phi) is 4.79. The van der Waals surface area contributed by atoms with Gasteiger partial charge in [0.2, 0.25) is 0 Å². The normalized spacial score (nSPS) is 12.0. The number of nitrogens with two attached hydrogens (primary N) is 1. The third-order valence-corrected chi connectivity index (χ3v) is 4.08. The Morgan fingerprint density at radius 2 is 1.88 bits per heavy atom. The molecule has 128 valence electrons. The maximum atomic E-state index is 11.7. The number of pyridine rings is 1. The molecule has 1 atom stereocenters. The zero-order valence-electron chi connectivity index (χ0n) is 14.0. The van der Waals surface area contributed by atoms with Crippen molar-refractivity contribution in [3.05, 3.63) is 77.5 Å². The van der Waals surface area contributed by atoms with Crippen LogP contribution >= 0.6 is 0 Å². The largest absolute Gasteiger partial charge is 0.481 e. The zero-order valence-corrected chi connectivity index (χ0v) is 14.0. The molecule has 1 aromatic carbocycles. The smallest absolute Gasteiger partial charge is 0.312 e. The molecule has 3 aromatic rings. The molecule has 2 heterocycles. The fraction of sp³-hybridized carbons (Fsp3) is 0.211. The van der Waals surface area contributed by atoms with Gasteiger partial charge in [0.15, 0.2) is 0 Å². The van der Waals surface area contributed by atoms with Gasteiger partial charge in [-0.1, -0.05) is 35.9 Å². The SMILES string of the molecule is Cc1ccc(Cn2cnc(C(Cc3ccc(N)nc3)C(=O)O)c2)cc1. The molecule has 0 aliphatic carbocycles. The fourth-order valence-electron chi connectivity index (χ4n) is 2.66. The summed E-state index contributed by atoms with van der Waals surface area (Å²) in [4.78, 5) is 20.0. The van der Waals surface area contributed by atoms with Crippen LogP contribution in [-0.4, -0.2) is 25.6 Å². The van der Waals surface area contributed by atoms with E-state index in [4.69, 9.17) is 5.73 Å². The predicted molar refractivity (Wildman–Crippen MR) is 95.2 cm³/mol. The van der Waals surface area contributed by atoms with Crippen LogP contribution in [0.5, 0.6) is 0 Å². The Labute approximate surface area is 146 Å². The first-order valence-electron chi connectivity index (χ1n) is 8.01. The molecule has 0 aliphatic heterocycles. The molecule has 0 bridgehead atoms. The number of nitrogens with zero attached hydrogens (tertiary/aromatic N) is 3. The van der Waals surface area contributed by atoms with Crippen molar-refractivity contribution in [1.29, 1.82) is 0 Å². The van der Waals surface area contributed by atoms with E-state index >= 15 is 0 Å². The van der Waals surface area contributed by atoms with Crippen molar-refractivity contribution in [3.8, 4) is 0 Å². The van der Waals surface area contributed by atoms with Crippen molar-refractivity contribution >= 4 is 11.8 Å². The summed E-state index contributed by atoms with van der Waals surface area (Å²) in [6, 6.07) is 11.7. The quantitative estimate of drug-likeness (QED) is 0.721. The van der Waals surface area contributed by atoms with Gasteiger partial charge in [0.25, 0.3) is 0 Å². The Bertz CT molecular complexity index is 854. The van der Waals surface area contributed by atoms with Gasteiger partial charge < -0.3 is 15.4 Å². The Morgan fingerprint density at radius 1 is 1.16 bits per heavy atom. The number of carboxylic acids is 1. The summed E-state index contributed by atoms with van der Waals surface area (Å²) in [6.45, 7) is 2.70. The molecular weight excluding hydrogens is 316 g/mol. The maximum absolute atomic E-state index is 11.7. The van der Waals surface area contributed by atoms with Gasteiger partial charge in [-0.3, -0.25) is 4.79 Å². The molecule has 0 radical (unpaired) electrons. The van der Waals surface area contributed by atoms with Crippen LogP contribution in [-0.2, 0) is 17.8 Å². The second-order valence-corrected chi connectivity index (χ2v) is 6.14. The van der Waals surface area contributed by atoms with Crippen LogP contribution in [0, 0.1) is 6.92 Å². The van der Waals surface area contributed by atoms with Crippen LogP contribution in [0.1, 0.15) is 28.3 Å². The highest BCUT2D eigenvalue weighted by Crippen LogP contribution is 2.20. The van der Waals surface area contributed by atoms with E-state index in [1.807, 2.05) is 11.5 Å². The lowest BCUT2D eigenvalue weighted by Crippen LogP contribution is -2.15. The number of anilines is 1. The fourth-order valence-corrected chi connectivity index (χ4v) is 2.66. The average molecular weight is 336 g/mol. The molecule has 0 amide bonds. The topological polar surface area (TPSA) is 94.0 Å². The summed E-state index contributed by atoms with van der Waals surface area (Å²) in [5.74, 6) is -1.21. The maximum Gasteiger partial charge on any atom is 0.312 e. The number of imidazole rings is 1. The number of nitrogen functional groups attached to an aromatic ring is 1. The molecule has 6 heteroatoms. The first-order valence-corrected chi connectivity index (χ1v) is 8.01. The van der Waals surface area contributed by atoms with Gasteiger partial charge in [-0.25, -0.2) is 9.97 Å². The number of benzene rings is 1. The molecule has 0 spiro atoms. The van der Waals surface area contributed by atoms with E-state index < -0.39 is 11.9 Å². The molecule has 25 heavy (non-hydrogen) atoms. The van der Waals surface area contributed by atoms with Crippen molar-refractivity contribution in [2.45, 2.75) is 25.8 Å². The second kappa shape index (κ2) is 7.17. The van der Waals surface area contributed by atoms with Crippen molar-refractivity contribution in [3.63, 3.8) is 0 Å². The highest BCUT2D eigenvalue weighted by Gasteiger charge is 2.23. The van der Waals surface area contributed by atoms with Crippen molar-refractivity contribution in [2.24, 2.45) is 0 Å².